The highest BCUT2D eigenvalue weighted by Crippen LogP contribution is 2.56. The Morgan fingerprint density at radius 3 is 2.40 bits per heavy atom. The predicted octanol–water partition coefficient (Wildman–Crippen LogP) is 1.39. The molecule has 5 aliphatic rings. The van der Waals surface area contributed by atoms with E-state index in [0.29, 0.717) is 24.8 Å². The summed E-state index contributed by atoms with van der Waals surface area (Å²) in [6.45, 7) is 0.387. The van der Waals surface area contributed by atoms with Crippen LogP contribution in [0.4, 0.5) is 0 Å². The number of amides is 2. The van der Waals surface area contributed by atoms with Crippen LogP contribution in [0, 0.1) is 29.6 Å². The summed E-state index contributed by atoms with van der Waals surface area (Å²) in [6.07, 6.45) is 8.43. The fourth-order valence-corrected chi connectivity index (χ4v) is 5.86. The largest absolute Gasteiger partial charge is 0.455 e. The first-order chi connectivity index (χ1) is 12.1. The lowest BCUT2D eigenvalue weighted by molar-refractivity contribution is -0.165. The maximum absolute atomic E-state index is 12.6. The highest BCUT2D eigenvalue weighted by atomic mass is 16.5. The number of nitrogens with one attached hydrogen (secondary N) is 2. The second-order valence-electron chi connectivity index (χ2n) is 8.47. The lowest BCUT2D eigenvalue weighted by Gasteiger charge is -2.53. The maximum atomic E-state index is 12.6. The Kier molecular flexibility index (Phi) is 4.69. The van der Waals surface area contributed by atoms with E-state index in [0.717, 1.165) is 50.4 Å². The molecule has 6 nitrogen and oxygen atoms in total. The third-order valence-corrected chi connectivity index (χ3v) is 6.71. The van der Waals surface area contributed by atoms with Gasteiger partial charge in [0.1, 0.15) is 6.04 Å². The third kappa shape index (κ3) is 3.53. The zero-order valence-corrected chi connectivity index (χ0v) is 14.7. The lowest BCUT2D eigenvalue weighted by Crippen LogP contribution is -2.49. The van der Waals surface area contributed by atoms with Crippen molar-refractivity contribution in [1.82, 2.24) is 10.6 Å². The van der Waals surface area contributed by atoms with Crippen molar-refractivity contribution in [3.8, 4) is 0 Å². The predicted molar refractivity (Wildman–Crippen MR) is 90.3 cm³/mol. The van der Waals surface area contributed by atoms with E-state index in [2.05, 4.69) is 10.6 Å². The fourth-order valence-electron chi connectivity index (χ4n) is 5.86. The number of hydrogen-bond donors (Lipinski definition) is 2. The molecular weight excluding hydrogens is 320 g/mol. The molecule has 5 rings (SSSR count). The van der Waals surface area contributed by atoms with Crippen LogP contribution in [0.15, 0.2) is 0 Å². The highest BCUT2D eigenvalue weighted by molar-refractivity contribution is 5.89. The maximum Gasteiger partial charge on any atom is 0.310 e. The van der Waals surface area contributed by atoms with Crippen LogP contribution >= 0.6 is 0 Å². The van der Waals surface area contributed by atoms with Crippen molar-refractivity contribution in [2.24, 2.45) is 29.6 Å². The van der Waals surface area contributed by atoms with E-state index >= 15 is 0 Å². The van der Waals surface area contributed by atoms with Gasteiger partial charge in [0.15, 0.2) is 6.61 Å². The molecule has 0 radical (unpaired) electrons. The van der Waals surface area contributed by atoms with Gasteiger partial charge in [-0.05, 0) is 75.0 Å². The van der Waals surface area contributed by atoms with Crippen LogP contribution in [0.3, 0.4) is 0 Å². The molecule has 1 saturated heterocycles. The van der Waals surface area contributed by atoms with Crippen molar-refractivity contribution >= 4 is 17.8 Å². The van der Waals surface area contributed by atoms with E-state index in [4.69, 9.17) is 4.74 Å². The molecule has 0 aromatic carbocycles. The van der Waals surface area contributed by atoms with Gasteiger partial charge in [0, 0.05) is 6.54 Å². The van der Waals surface area contributed by atoms with Crippen molar-refractivity contribution in [2.45, 2.75) is 57.4 Å². The zero-order valence-electron chi connectivity index (χ0n) is 14.7. The molecule has 1 atom stereocenters. The highest BCUT2D eigenvalue weighted by Gasteiger charge is 2.51. The molecule has 25 heavy (non-hydrogen) atoms. The first kappa shape index (κ1) is 16.9. The summed E-state index contributed by atoms with van der Waals surface area (Å²) in [5.74, 6) is 1.81. The van der Waals surface area contributed by atoms with E-state index in [9.17, 15) is 14.4 Å². The quantitative estimate of drug-likeness (QED) is 0.752. The molecule has 6 heteroatoms. The SMILES string of the molecule is O=C(COC(=O)C1C2CC3CC(C2)CC1C3)N[C@@H]1CCCCNC1=O. The zero-order chi connectivity index (χ0) is 17.4. The Bertz CT molecular complexity index is 534. The number of esters is 1. The molecule has 2 N–H and O–H groups in total. The molecule has 5 fully saturated rings. The van der Waals surface area contributed by atoms with Crippen LogP contribution in [-0.4, -0.2) is 37.0 Å². The van der Waals surface area contributed by atoms with Crippen molar-refractivity contribution in [2.75, 3.05) is 13.2 Å². The van der Waals surface area contributed by atoms with Gasteiger partial charge in [-0.15, -0.1) is 0 Å². The molecule has 4 saturated carbocycles. The standard InChI is InChI=1S/C19H28N2O4/c22-16(21-15-3-1-2-4-20-18(15)23)10-25-19(24)17-13-6-11-5-12(8-13)9-14(17)7-11/h11-15,17H,1-10H2,(H,20,23)(H,21,22)/t11?,12?,13?,14?,15-,17?/m1/s1. The Hall–Kier alpha value is -1.59. The molecule has 0 spiro atoms. The van der Waals surface area contributed by atoms with Gasteiger partial charge in [0.05, 0.1) is 5.92 Å². The molecule has 138 valence electrons. The van der Waals surface area contributed by atoms with Crippen LogP contribution in [0.1, 0.15) is 51.4 Å². The topological polar surface area (TPSA) is 84.5 Å². The van der Waals surface area contributed by atoms with Crippen LogP contribution in [0.5, 0.6) is 0 Å². The van der Waals surface area contributed by atoms with Crippen molar-refractivity contribution in [1.29, 1.82) is 0 Å². The molecular formula is C19H28N2O4. The number of rotatable bonds is 4. The minimum Gasteiger partial charge on any atom is -0.455 e. The minimum atomic E-state index is -0.505. The smallest absolute Gasteiger partial charge is 0.310 e. The summed E-state index contributed by atoms with van der Waals surface area (Å²) in [7, 11) is 0. The Labute approximate surface area is 148 Å². The van der Waals surface area contributed by atoms with Gasteiger partial charge in [0.25, 0.3) is 5.91 Å². The van der Waals surface area contributed by atoms with Crippen molar-refractivity contribution < 1.29 is 19.1 Å². The second-order valence-corrected chi connectivity index (χ2v) is 8.47. The fraction of sp³-hybridized carbons (Fsp3) is 0.842. The molecule has 0 aromatic heterocycles. The number of carbonyl (C=O) groups is 3. The van der Waals surface area contributed by atoms with Crippen LogP contribution in [-0.2, 0) is 19.1 Å². The van der Waals surface area contributed by atoms with Crippen LogP contribution in [0.2, 0.25) is 0 Å². The first-order valence-corrected chi connectivity index (χ1v) is 9.84. The lowest BCUT2D eigenvalue weighted by atomic mass is 9.52. The number of carbonyl (C=O) groups excluding carboxylic acids is 3. The third-order valence-electron chi connectivity index (χ3n) is 6.71. The molecule has 1 heterocycles. The molecule has 4 bridgehead atoms. The van der Waals surface area contributed by atoms with E-state index in [1.54, 1.807) is 0 Å². The summed E-state index contributed by atoms with van der Waals surface area (Å²) in [5, 5.41) is 5.49. The Balaban J connectivity index is 1.27. The molecule has 1 aliphatic heterocycles. The van der Waals surface area contributed by atoms with E-state index in [-0.39, 0.29) is 30.3 Å². The van der Waals surface area contributed by atoms with Gasteiger partial charge in [0.2, 0.25) is 5.91 Å². The van der Waals surface area contributed by atoms with Gasteiger partial charge in [-0.3, -0.25) is 14.4 Å². The average molecular weight is 348 g/mol. The van der Waals surface area contributed by atoms with Crippen molar-refractivity contribution in [3.05, 3.63) is 0 Å². The Morgan fingerprint density at radius 1 is 1.04 bits per heavy atom. The summed E-state index contributed by atoms with van der Waals surface area (Å²) in [5.41, 5.74) is 0. The second kappa shape index (κ2) is 6.96. The minimum absolute atomic E-state index is 0.0122. The molecule has 0 aromatic rings. The normalized spacial score (nSPS) is 39.4. The first-order valence-electron chi connectivity index (χ1n) is 9.84. The number of ether oxygens (including phenoxy) is 1. The van der Waals surface area contributed by atoms with E-state index in [1.807, 2.05) is 0 Å². The molecule has 0 unspecified atom stereocenters. The van der Waals surface area contributed by atoms with Gasteiger partial charge < -0.3 is 15.4 Å². The van der Waals surface area contributed by atoms with Gasteiger partial charge in [-0.1, -0.05) is 0 Å². The Morgan fingerprint density at radius 2 is 1.72 bits per heavy atom. The van der Waals surface area contributed by atoms with Crippen LogP contribution in [0.25, 0.3) is 0 Å². The van der Waals surface area contributed by atoms with Gasteiger partial charge >= 0.3 is 5.97 Å². The average Bonchev–Trinajstić information content (AvgIpc) is 2.77. The number of hydrogen-bond acceptors (Lipinski definition) is 4. The van der Waals surface area contributed by atoms with Crippen molar-refractivity contribution in [3.63, 3.8) is 0 Å². The summed E-state index contributed by atoms with van der Waals surface area (Å²) in [4.78, 5) is 36.5. The summed E-state index contributed by atoms with van der Waals surface area (Å²) >= 11 is 0. The van der Waals surface area contributed by atoms with E-state index < -0.39 is 6.04 Å². The monoisotopic (exact) mass is 348 g/mol. The summed E-state index contributed by atoms with van der Waals surface area (Å²) < 4.78 is 5.36. The molecule has 2 amide bonds. The van der Waals surface area contributed by atoms with Gasteiger partial charge in [-0.25, -0.2) is 0 Å². The molecule has 4 aliphatic carbocycles. The van der Waals surface area contributed by atoms with Crippen LogP contribution < -0.4 is 10.6 Å². The van der Waals surface area contributed by atoms with Gasteiger partial charge in [-0.2, -0.15) is 0 Å². The summed E-state index contributed by atoms with van der Waals surface area (Å²) in [6, 6.07) is -0.505. The van der Waals surface area contributed by atoms with E-state index in [1.165, 1.54) is 6.42 Å².